The lowest BCUT2D eigenvalue weighted by Crippen LogP contribution is -2.38. The zero-order valence-electron chi connectivity index (χ0n) is 13.5. The fourth-order valence-corrected chi connectivity index (χ4v) is 2.64. The van der Waals surface area contributed by atoms with Gasteiger partial charge in [-0.3, -0.25) is 0 Å². The topological polar surface area (TPSA) is 50.3 Å². The minimum absolute atomic E-state index is 0.133. The molecule has 1 aromatic rings. The molecule has 2 rings (SSSR count). The van der Waals surface area contributed by atoms with Crippen LogP contribution in [0.15, 0.2) is 12.4 Å². The first-order valence-electron chi connectivity index (χ1n) is 8.16. The average molecular weight is 292 g/mol. The van der Waals surface area contributed by atoms with Gasteiger partial charge in [0.25, 0.3) is 0 Å². The second-order valence-corrected chi connectivity index (χ2v) is 5.97. The molecule has 1 aromatic heterocycles. The molecular formula is C16H28N4O. The molecule has 1 aliphatic rings. The molecule has 1 saturated heterocycles. The van der Waals surface area contributed by atoms with Crippen LogP contribution in [-0.2, 0) is 0 Å². The Morgan fingerprint density at radius 3 is 2.95 bits per heavy atom. The monoisotopic (exact) mass is 292 g/mol. The molecule has 1 fully saturated rings. The molecule has 0 amide bonds. The smallest absolute Gasteiger partial charge is 0.218 e. The minimum atomic E-state index is 0.133. The van der Waals surface area contributed by atoms with Crippen molar-refractivity contribution in [3.8, 4) is 5.88 Å². The van der Waals surface area contributed by atoms with Crippen molar-refractivity contribution in [2.75, 3.05) is 24.5 Å². The molecule has 0 saturated carbocycles. The summed E-state index contributed by atoms with van der Waals surface area (Å²) >= 11 is 0. The summed E-state index contributed by atoms with van der Waals surface area (Å²) in [5.74, 6) is 1.64. The predicted molar refractivity (Wildman–Crippen MR) is 85.9 cm³/mol. The van der Waals surface area contributed by atoms with Gasteiger partial charge >= 0.3 is 0 Å². The van der Waals surface area contributed by atoms with E-state index in [1.54, 1.807) is 6.33 Å². The molecule has 0 aliphatic carbocycles. The third-order valence-electron chi connectivity index (χ3n) is 3.69. The van der Waals surface area contributed by atoms with Gasteiger partial charge in [-0.2, -0.15) is 0 Å². The first kappa shape index (κ1) is 16.0. The molecule has 1 aliphatic heterocycles. The highest BCUT2D eigenvalue weighted by Crippen LogP contribution is 2.19. The molecule has 1 unspecified atom stereocenters. The summed E-state index contributed by atoms with van der Waals surface area (Å²) < 4.78 is 5.69. The van der Waals surface area contributed by atoms with Crippen LogP contribution in [0.25, 0.3) is 0 Å². The zero-order valence-corrected chi connectivity index (χ0v) is 13.5. The maximum Gasteiger partial charge on any atom is 0.218 e. The Morgan fingerprint density at radius 1 is 1.43 bits per heavy atom. The third kappa shape index (κ3) is 5.16. The van der Waals surface area contributed by atoms with E-state index in [-0.39, 0.29) is 6.10 Å². The van der Waals surface area contributed by atoms with Crippen LogP contribution < -0.4 is 15.0 Å². The van der Waals surface area contributed by atoms with Crippen molar-refractivity contribution < 1.29 is 4.74 Å². The van der Waals surface area contributed by atoms with Gasteiger partial charge in [0.1, 0.15) is 12.1 Å². The van der Waals surface area contributed by atoms with E-state index in [1.165, 1.54) is 25.7 Å². The minimum Gasteiger partial charge on any atom is -0.475 e. The number of hydrogen-bond acceptors (Lipinski definition) is 5. The number of hydrogen-bond donors (Lipinski definition) is 1. The Morgan fingerprint density at radius 2 is 2.29 bits per heavy atom. The second-order valence-electron chi connectivity index (χ2n) is 5.97. The van der Waals surface area contributed by atoms with Gasteiger partial charge in [-0.15, -0.1) is 0 Å². The van der Waals surface area contributed by atoms with Crippen LogP contribution >= 0.6 is 0 Å². The largest absolute Gasteiger partial charge is 0.475 e. The summed E-state index contributed by atoms with van der Waals surface area (Å²) in [6.45, 7) is 9.43. The van der Waals surface area contributed by atoms with Crippen molar-refractivity contribution >= 4 is 5.82 Å². The Labute approximate surface area is 128 Å². The van der Waals surface area contributed by atoms with Crippen molar-refractivity contribution in [1.82, 2.24) is 15.3 Å². The van der Waals surface area contributed by atoms with E-state index in [4.69, 9.17) is 4.74 Å². The highest BCUT2D eigenvalue weighted by Gasteiger charge is 2.19. The molecule has 1 N–H and O–H groups in total. The van der Waals surface area contributed by atoms with E-state index in [0.29, 0.717) is 11.9 Å². The van der Waals surface area contributed by atoms with E-state index >= 15 is 0 Å². The van der Waals surface area contributed by atoms with Gasteiger partial charge in [0, 0.05) is 25.2 Å². The number of ether oxygens (including phenoxy) is 1. The second kappa shape index (κ2) is 8.17. The number of nitrogens with zero attached hydrogens (tertiary/aromatic N) is 3. The van der Waals surface area contributed by atoms with Crippen LogP contribution in [0.3, 0.4) is 0 Å². The molecule has 0 radical (unpaired) electrons. The maximum absolute atomic E-state index is 5.69. The lowest BCUT2D eigenvalue weighted by Gasteiger charge is -2.27. The van der Waals surface area contributed by atoms with Crippen LogP contribution in [-0.4, -0.2) is 41.7 Å². The Kier molecular flexibility index (Phi) is 6.23. The van der Waals surface area contributed by atoms with E-state index < -0.39 is 0 Å². The summed E-state index contributed by atoms with van der Waals surface area (Å²) in [5.41, 5.74) is 0. The molecule has 5 heteroatoms. The van der Waals surface area contributed by atoms with Gasteiger partial charge in [0.15, 0.2) is 0 Å². The molecular weight excluding hydrogens is 264 g/mol. The molecule has 5 nitrogen and oxygen atoms in total. The number of aromatic nitrogens is 2. The molecule has 1 atom stereocenters. The fraction of sp³-hybridized carbons (Fsp3) is 0.750. The van der Waals surface area contributed by atoms with Crippen molar-refractivity contribution in [2.45, 2.75) is 58.6 Å². The van der Waals surface area contributed by atoms with Crippen LogP contribution in [0.2, 0.25) is 0 Å². The Balaban J connectivity index is 2.06. The first-order valence-corrected chi connectivity index (χ1v) is 8.16. The summed E-state index contributed by atoms with van der Waals surface area (Å²) in [4.78, 5) is 11.0. The van der Waals surface area contributed by atoms with Crippen molar-refractivity contribution in [1.29, 1.82) is 0 Å². The molecule has 21 heavy (non-hydrogen) atoms. The van der Waals surface area contributed by atoms with E-state index in [2.05, 4.69) is 27.1 Å². The van der Waals surface area contributed by atoms with Crippen LogP contribution in [0.4, 0.5) is 5.82 Å². The van der Waals surface area contributed by atoms with Crippen molar-refractivity contribution in [3.63, 3.8) is 0 Å². The summed E-state index contributed by atoms with van der Waals surface area (Å²) in [6.07, 6.45) is 6.63. The van der Waals surface area contributed by atoms with Crippen LogP contribution in [0.1, 0.15) is 46.5 Å². The van der Waals surface area contributed by atoms with Gasteiger partial charge < -0.3 is 15.0 Å². The van der Waals surface area contributed by atoms with E-state index in [1.807, 2.05) is 19.9 Å². The normalized spacial score (nSPS) is 18.2. The lowest BCUT2D eigenvalue weighted by atomic mass is 10.2. The maximum atomic E-state index is 5.69. The number of rotatable bonds is 8. The number of anilines is 1. The van der Waals surface area contributed by atoms with Crippen LogP contribution in [0, 0.1) is 0 Å². The quantitative estimate of drug-likeness (QED) is 0.798. The summed E-state index contributed by atoms with van der Waals surface area (Å²) in [6, 6.07) is 2.54. The molecule has 118 valence electrons. The SMILES string of the molecule is CCCCN(CC1CCCN1)c1cc(OC(C)C)ncn1. The Hall–Kier alpha value is -1.36. The Bertz CT molecular complexity index is 418. The number of nitrogens with one attached hydrogen (secondary N) is 1. The van der Waals surface area contributed by atoms with Crippen molar-refractivity contribution in [2.24, 2.45) is 0 Å². The van der Waals surface area contributed by atoms with E-state index in [9.17, 15) is 0 Å². The molecule has 2 heterocycles. The predicted octanol–water partition coefficient (Wildman–Crippen LogP) is 2.62. The third-order valence-corrected chi connectivity index (χ3v) is 3.69. The molecule has 0 spiro atoms. The van der Waals surface area contributed by atoms with Gasteiger partial charge in [0.05, 0.1) is 6.10 Å². The standard InChI is InChI=1S/C16H28N4O/c1-4-5-9-20(11-14-7-6-8-17-14)15-10-16(19-12-18-15)21-13(2)3/h10,12-14,17H,4-9,11H2,1-3H3. The summed E-state index contributed by atoms with van der Waals surface area (Å²) in [7, 11) is 0. The first-order chi connectivity index (χ1) is 10.2. The molecule has 0 bridgehead atoms. The van der Waals surface area contributed by atoms with Crippen molar-refractivity contribution in [3.05, 3.63) is 12.4 Å². The van der Waals surface area contributed by atoms with E-state index in [0.717, 1.165) is 25.5 Å². The lowest BCUT2D eigenvalue weighted by molar-refractivity contribution is 0.232. The van der Waals surface area contributed by atoms with Gasteiger partial charge in [-0.25, -0.2) is 9.97 Å². The van der Waals surface area contributed by atoms with Gasteiger partial charge in [-0.1, -0.05) is 13.3 Å². The molecule has 0 aromatic carbocycles. The zero-order chi connectivity index (χ0) is 15.1. The van der Waals surface area contributed by atoms with Crippen LogP contribution in [0.5, 0.6) is 5.88 Å². The van der Waals surface area contributed by atoms with Gasteiger partial charge in [-0.05, 0) is 39.7 Å². The number of unbranched alkanes of at least 4 members (excludes halogenated alkanes) is 1. The highest BCUT2D eigenvalue weighted by molar-refractivity contribution is 5.41. The van der Waals surface area contributed by atoms with Gasteiger partial charge in [0.2, 0.25) is 5.88 Å². The fourth-order valence-electron chi connectivity index (χ4n) is 2.64. The average Bonchev–Trinajstić information content (AvgIpc) is 2.96. The summed E-state index contributed by atoms with van der Waals surface area (Å²) in [5, 5.41) is 3.56. The highest BCUT2D eigenvalue weighted by atomic mass is 16.5.